The van der Waals surface area contributed by atoms with Gasteiger partial charge in [0.15, 0.2) is 5.82 Å². The summed E-state index contributed by atoms with van der Waals surface area (Å²) in [6.07, 6.45) is 1.01. The Kier molecular flexibility index (Phi) is 7.55. The Morgan fingerprint density at radius 1 is 1.17 bits per heavy atom. The van der Waals surface area contributed by atoms with Crippen molar-refractivity contribution >= 4 is 34.9 Å². The van der Waals surface area contributed by atoms with Crippen LogP contribution in [0.15, 0.2) is 54.6 Å². The third-order valence-corrected chi connectivity index (χ3v) is 4.87. The van der Waals surface area contributed by atoms with E-state index in [4.69, 9.17) is 27.9 Å². The summed E-state index contributed by atoms with van der Waals surface area (Å²) in [6.45, 7) is 2.89. The fraction of sp³-hybridized carbons (Fsp3) is 0.273. The molecule has 1 heterocycles. The van der Waals surface area contributed by atoms with E-state index in [9.17, 15) is 4.79 Å². The van der Waals surface area contributed by atoms with E-state index in [2.05, 4.69) is 10.4 Å². The van der Waals surface area contributed by atoms with E-state index in [-0.39, 0.29) is 5.91 Å². The van der Waals surface area contributed by atoms with Gasteiger partial charge in [-0.05, 0) is 37.1 Å². The van der Waals surface area contributed by atoms with E-state index >= 15 is 0 Å². The van der Waals surface area contributed by atoms with Gasteiger partial charge in [0, 0.05) is 34.6 Å². The lowest BCUT2D eigenvalue weighted by Gasteiger charge is -2.13. The summed E-state index contributed by atoms with van der Waals surface area (Å²) in [4.78, 5) is 11.9. The molecular weight excluding hydrogens is 409 g/mol. The van der Waals surface area contributed by atoms with Gasteiger partial charge in [0.05, 0.1) is 6.54 Å². The molecule has 5 nitrogen and oxygen atoms in total. The smallest absolute Gasteiger partial charge is 0.225 e. The molecule has 0 spiro atoms. The summed E-state index contributed by atoms with van der Waals surface area (Å²) in [5, 5.41) is 7.94. The van der Waals surface area contributed by atoms with Gasteiger partial charge in [-0.2, -0.15) is 5.10 Å². The van der Waals surface area contributed by atoms with E-state index in [0.29, 0.717) is 42.7 Å². The molecule has 0 unspecified atom stereocenters. The molecule has 7 heteroatoms. The molecule has 1 aromatic heterocycles. The first kappa shape index (κ1) is 21.2. The average Bonchev–Trinajstić information content (AvgIpc) is 3.05. The van der Waals surface area contributed by atoms with Crippen molar-refractivity contribution in [3.8, 4) is 5.75 Å². The number of benzene rings is 2. The molecular formula is C22H23Cl2N3O2. The van der Waals surface area contributed by atoms with Gasteiger partial charge in [-0.3, -0.25) is 9.48 Å². The summed E-state index contributed by atoms with van der Waals surface area (Å²) in [7, 11) is 0. The maximum Gasteiger partial charge on any atom is 0.225 e. The quantitative estimate of drug-likeness (QED) is 0.459. The topological polar surface area (TPSA) is 56.2 Å². The molecule has 3 aromatic rings. The van der Waals surface area contributed by atoms with Crippen LogP contribution in [0.5, 0.6) is 5.75 Å². The second-order valence-electron chi connectivity index (χ2n) is 6.70. The van der Waals surface area contributed by atoms with Crippen LogP contribution in [-0.4, -0.2) is 21.6 Å². The van der Waals surface area contributed by atoms with Crippen molar-refractivity contribution in [2.24, 2.45) is 0 Å². The van der Waals surface area contributed by atoms with Crippen LogP contribution >= 0.6 is 23.2 Å². The molecule has 0 aliphatic rings. The van der Waals surface area contributed by atoms with Crippen LogP contribution in [0.2, 0.25) is 5.02 Å². The van der Waals surface area contributed by atoms with Crippen LogP contribution in [0.1, 0.15) is 29.7 Å². The van der Waals surface area contributed by atoms with Gasteiger partial charge in [0.25, 0.3) is 0 Å². The Morgan fingerprint density at radius 3 is 2.72 bits per heavy atom. The van der Waals surface area contributed by atoms with Crippen molar-refractivity contribution in [3.05, 3.63) is 76.4 Å². The van der Waals surface area contributed by atoms with Gasteiger partial charge in [-0.1, -0.05) is 41.9 Å². The maximum atomic E-state index is 11.9. The molecule has 0 radical (unpaired) electrons. The highest BCUT2D eigenvalue weighted by atomic mass is 35.5. The number of halogens is 2. The van der Waals surface area contributed by atoms with Crippen LogP contribution < -0.4 is 10.1 Å². The normalized spacial score (nSPS) is 10.7. The lowest BCUT2D eigenvalue weighted by Crippen LogP contribution is -2.12. The van der Waals surface area contributed by atoms with Gasteiger partial charge >= 0.3 is 0 Å². The first-order chi connectivity index (χ1) is 14.0. The number of alkyl halides is 1. The average molecular weight is 432 g/mol. The molecule has 1 N–H and O–H groups in total. The van der Waals surface area contributed by atoms with E-state index in [1.807, 2.05) is 66.2 Å². The maximum absolute atomic E-state index is 11.9. The zero-order valence-corrected chi connectivity index (χ0v) is 17.7. The van der Waals surface area contributed by atoms with Crippen LogP contribution in [0.3, 0.4) is 0 Å². The second-order valence-corrected chi connectivity index (χ2v) is 7.51. The van der Waals surface area contributed by atoms with Gasteiger partial charge in [-0.25, -0.2) is 0 Å². The number of rotatable bonds is 9. The Morgan fingerprint density at radius 2 is 1.97 bits per heavy atom. The van der Waals surface area contributed by atoms with Crippen LogP contribution in [0.4, 0.5) is 5.82 Å². The number of amides is 1. The number of carbonyl (C=O) groups excluding carboxylic acids is 1. The second kappa shape index (κ2) is 10.3. The zero-order chi connectivity index (χ0) is 20.6. The minimum absolute atomic E-state index is 0.0926. The highest BCUT2D eigenvalue weighted by molar-refractivity contribution is 6.30. The molecule has 0 atom stereocenters. The Bertz CT molecular complexity index is 958. The Labute approximate surface area is 180 Å². The number of aromatic nitrogens is 2. The number of anilines is 1. The van der Waals surface area contributed by atoms with E-state index < -0.39 is 0 Å². The predicted octanol–water partition coefficient (Wildman–Crippen LogP) is 5.43. The molecule has 29 heavy (non-hydrogen) atoms. The summed E-state index contributed by atoms with van der Waals surface area (Å²) in [6, 6.07) is 17.4. The summed E-state index contributed by atoms with van der Waals surface area (Å²) >= 11 is 11.8. The number of nitrogens with zero attached hydrogens (tertiary/aromatic N) is 2. The number of ether oxygens (including phenoxy) is 1. The fourth-order valence-corrected chi connectivity index (χ4v) is 3.20. The molecule has 3 rings (SSSR count). The first-order valence-electron chi connectivity index (χ1n) is 9.40. The van der Waals surface area contributed by atoms with E-state index in [0.717, 1.165) is 22.6 Å². The third-order valence-electron chi connectivity index (χ3n) is 4.37. The summed E-state index contributed by atoms with van der Waals surface area (Å²) in [5.41, 5.74) is 2.93. The number of carbonyl (C=O) groups is 1. The van der Waals surface area contributed by atoms with Crippen molar-refractivity contribution in [1.29, 1.82) is 0 Å². The molecule has 0 saturated heterocycles. The largest absolute Gasteiger partial charge is 0.489 e. The van der Waals surface area contributed by atoms with Crippen LogP contribution in [0, 0.1) is 6.92 Å². The standard InChI is InChI=1S/C22H23Cl2N3O2/c1-16-12-21(25-22(28)8-5-11-23)26-27(16)14-18-13-19(24)9-10-20(18)29-15-17-6-3-2-4-7-17/h2-4,6-7,9-10,12-13H,5,8,11,14-15H2,1H3,(H,25,26,28). The summed E-state index contributed by atoms with van der Waals surface area (Å²) < 4.78 is 7.84. The summed E-state index contributed by atoms with van der Waals surface area (Å²) in [5.74, 6) is 1.64. The van der Waals surface area contributed by atoms with Crippen molar-refractivity contribution in [1.82, 2.24) is 9.78 Å². The predicted molar refractivity (Wildman–Crippen MR) is 117 cm³/mol. The minimum atomic E-state index is -0.0926. The van der Waals surface area contributed by atoms with Gasteiger partial charge in [0.2, 0.25) is 5.91 Å². The Hall–Kier alpha value is -2.50. The Balaban J connectivity index is 1.72. The van der Waals surface area contributed by atoms with Gasteiger partial charge in [-0.15, -0.1) is 11.6 Å². The molecule has 1 amide bonds. The van der Waals surface area contributed by atoms with E-state index in [1.54, 1.807) is 0 Å². The molecule has 2 aromatic carbocycles. The van der Waals surface area contributed by atoms with E-state index in [1.165, 1.54) is 0 Å². The fourth-order valence-electron chi connectivity index (χ4n) is 2.87. The number of aryl methyl sites for hydroxylation is 1. The van der Waals surface area contributed by atoms with Crippen LogP contribution in [0.25, 0.3) is 0 Å². The molecule has 0 aliphatic carbocycles. The van der Waals surface area contributed by atoms with Gasteiger partial charge in [0.1, 0.15) is 12.4 Å². The highest BCUT2D eigenvalue weighted by Crippen LogP contribution is 2.25. The molecule has 152 valence electrons. The molecule has 0 aliphatic heterocycles. The number of hydrogen-bond acceptors (Lipinski definition) is 3. The SMILES string of the molecule is Cc1cc(NC(=O)CCCCl)nn1Cc1cc(Cl)ccc1OCc1ccccc1. The number of hydrogen-bond donors (Lipinski definition) is 1. The van der Waals surface area contributed by atoms with Gasteiger partial charge < -0.3 is 10.1 Å². The minimum Gasteiger partial charge on any atom is -0.489 e. The van der Waals surface area contributed by atoms with Crippen molar-refractivity contribution in [2.45, 2.75) is 32.9 Å². The third kappa shape index (κ3) is 6.24. The monoisotopic (exact) mass is 431 g/mol. The van der Waals surface area contributed by atoms with Crippen LogP contribution in [-0.2, 0) is 17.9 Å². The number of nitrogens with one attached hydrogen (secondary N) is 1. The molecule has 0 fully saturated rings. The van der Waals surface area contributed by atoms with Crippen molar-refractivity contribution < 1.29 is 9.53 Å². The lowest BCUT2D eigenvalue weighted by atomic mass is 10.2. The zero-order valence-electron chi connectivity index (χ0n) is 16.2. The lowest BCUT2D eigenvalue weighted by molar-refractivity contribution is -0.116. The van der Waals surface area contributed by atoms with Crippen molar-refractivity contribution in [2.75, 3.05) is 11.2 Å². The molecule has 0 bridgehead atoms. The molecule has 0 saturated carbocycles. The van der Waals surface area contributed by atoms with Crippen molar-refractivity contribution in [3.63, 3.8) is 0 Å². The highest BCUT2D eigenvalue weighted by Gasteiger charge is 2.12. The first-order valence-corrected chi connectivity index (χ1v) is 10.3.